The number of aryl methyl sites for hydroxylation is 1. The van der Waals surface area contributed by atoms with Crippen molar-refractivity contribution in [2.45, 2.75) is 51.5 Å². The fourth-order valence-corrected chi connectivity index (χ4v) is 4.52. The number of carbonyl (C=O) groups is 1. The Balaban J connectivity index is 1.32. The summed E-state index contributed by atoms with van der Waals surface area (Å²) < 4.78 is 0. The summed E-state index contributed by atoms with van der Waals surface area (Å²) in [6.07, 6.45) is 6.33. The minimum Gasteiger partial charge on any atom is -0.339 e. The molecule has 6 heteroatoms. The maximum Gasteiger partial charge on any atom is 0.257 e. The number of likely N-dealkylation sites (tertiary alicyclic amines) is 1. The molecule has 3 aliphatic rings. The Hall–Kier alpha value is -1.53. The molecule has 2 saturated heterocycles. The number of amides is 1. The zero-order valence-electron chi connectivity index (χ0n) is 17.0. The third-order valence-corrected chi connectivity index (χ3v) is 6.79. The summed E-state index contributed by atoms with van der Waals surface area (Å²) in [6.45, 7) is 10.7. The first-order chi connectivity index (χ1) is 13.0. The van der Waals surface area contributed by atoms with Gasteiger partial charge < -0.3 is 9.80 Å². The molecule has 1 saturated carbocycles. The van der Waals surface area contributed by atoms with Crippen LogP contribution in [0.1, 0.15) is 60.4 Å². The summed E-state index contributed by atoms with van der Waals surface area (Å²) in [4.78, 5) is 29.1. The SMILES string of the molecule is Cc1nc(C2CC2)ncc1C(=O)N1CCC([C@@H](C)N2CCN(C)CC2)CC1. The van der Waals surface area contributed by atoms with Crippen LogP contribution in [0, 0.1) is 12.8 Å². The maximum atomic E-state index is 13.0. The lowest BCUT2D eigenvalue weighted by Crippen LogP contribution is -2.52. The first-order valence-corrected chi connectivity index (χ1v) is 10.6. The van der Waals surface area contributed by atoms with Gasteiger partial charge in [0.15, 0.2) is 0 Å². The van der Waals surface area contributed by atoms with Crippen molar-refractivity contribution in [2.75, 3.05) is 46.3 Å². The van der Waals surface area contributed by atoms with Crippen LogP contribution in [-0.2, 0) is 0 Å². The predicted molar refractivity (Wildman–Crippen MR) is 106 cm³/mol. The highest BCUT2D eigenvalue weighted by atomic mass is 16.2. The smallest absolute Gasteiger partial charge is 0.257 e. The lowest BCUT2D eigenvalue weighted by molar-refractivity contribution is 0.0499. The van der Waals surface area contributed by atoms with Gasteiger partial charge in [0.1, 0.15) is 5.82 Å². The van der Waals surface area contributed by atoms with Gasteiger partial charge in [0.25, 0.3) is 5.91 Å². The van der Waals surface area contributed by atoms with E-state index >= 15 is 0 Å². The molecular weight excluding hydrogens is 338 g/mol. The molecule has 0 radical (unpaired) electrons. The van der Waals surface area contributed by atoms with Gasteiger partial charge in [-0.25, -0.2) is 9.97 Å². The Labute approximate surface area is 162 Å². The number of hydrogen-bond acceptors (Lipinski definition) is 5. The molecule has 3 heterocycles. The van der Waals surface area contributed by atoms with E-state index in [0.29, 0.717) is 23.4 Å². The van der Waals surface area contributed by atoms with Crippen molar-refractivity contribution in [3.63, 3.8) is 0 Å². The van der Waals surface area contributed by atoms with Crippen LogP contribution in [-0.4, -0.2) is 82.9 Å². The number of rotatable bonds is 4. The van der Waals surface area contributed by atoms with Crippen LogP contribution in [0.15, 0.2) is 6.20 Å². The van der Waals surface area contributed by atoms with Crippen molar-refractivity contribution >= 4 is 5.91 Å². The minimum absolute atomic E-state index is 0.112. The molecule has 27 heavy (non-hydrogen) atoms. The Morgan fingerprint density at radius 2 is 1.74 bits per heavy atom. The Morgan fingerprint density at radius 1 is 1.07 bits per heavy atom. The van der Waals surface area contributed by atoms with Crippen LogP contribution in [0.4, 0.5) is 0 Å². The fourth-order valence-electron chi connectivity index (χ4n) is 4.52. The van der Waals surface area contributed by atoms with E-state index in [2.05, 4.69) is 33.7 Å². The van der Waals surface area contributed by atoms with Crippen LogP contribution >= 0.6 is 0 Å². The number of carbonyl (C=O) groups excluding carboxylic acids is 1. The molecule has 0 N–H and O–H groups in total. The van der Waals surface area contributed by atoms with Crippen LogP contribution in [0.5, 0.6) is 0 Å². The normalized spacial score (nSPS) is 24.2. The second kappa shape index (κ2) is 7.84. The van der Waals surface area contributed by atoms with Gasteiger partial charge in [0.05, 0.1) is 11.3 Å². The first-order valence-electron chi connectivity index (χ1n) is 10.6. The highest BCUT2D eigenvalue weighted by molar-refractivity contribution is 5.95. The van der Waals surface area contributed by atoms with Crippen molar-refractivity contribution in [1.82, 2.24) is 24.7 Å². The van der Waals surface area contributed by atoms with Crippen LogP contribution in [0.25, 0.3) is 0 Å². The number of piperazine rings is 1. The lowest BCUT2D eigenvalue weighted by Gasteiger charge is -2.42. The second-order valence-corrected chi connectivity index (χ2v) is 8.71. The van der Waals surface area contributed by atoms with E-state index in [9.17, 15) is 4.79 Å². The van der Waals surface area contributed by atoms with Gasteiger partial charge in [-0.1, -0.05) is 0 Å². The molecule has 0 unspecified atom stereocenters. The van der Waals surface area contributed by atoms with E-state index in [1.165, 1.54) is 25.9 Å². The number of hydrogen-bond donors (Lipinski definition) is 0. The number of nitrogens with zero attached hydrogens (tertiary/aromatic N) is 5. The predicted octanol–water partition coefficient (Wildman–Crippen LogP) is 2.15. The molecule has 1 atom stereocenters. The van der Waals surface area contributed by atoms with Crippen molar-refractivity contribution < 1.29 is 4.79 Å². The van der Waals surface area contributed by atoms with Gasteiger partial charge in [0.2, 0.25) is 0 Å². The molecule has 1 aromatic rings. The number of aromatic nitrogens is 2. The van der Waals surface area contributed by atoms with Crippen molar-refractivity contribution in [2.24, 2.45) is 5.92 Å². The summed E-state index contributed by atoms with van der Waals surface area (Å²) in [5.74, 6) is 2.25. The molecule has 1 aromatic heterocycles. The van der Waals surface area contributed by atoms with Crippen molar-refractivity contribution in [1.29, 1.82) is 0 Å². The van der Waals surface area contributed by atoms with Crippen LogP contribution in [0.2, 0.25) is 0 Å². The molecule has 1 amide bonds. The summed E-state index contributed by atoms with van der Waals surface area (Å²) in [6, 6.07) is 0.610. The third kappa shape index (κ3) is 4.16. The zero-order chi connectivity index (χ0) is 19.0. The monoisotopic (exact) mass is 371 g/mol. The van der Waals surface area contributed by atoms with Crippen molar-refractivity contribution in [3.8, 4) is 0 Å². The van der Waals surface area contributed by atoms with E-state index in [0.717, 1.165) is 50.5 Å². The summed E-state index contributed by atoms with van der Waals surface area (Å²) >= 11 is 0. The summed E-state index contributed by atoms with van der Waals surface area (Å²) in [5.41, 5.74) is 1.52. The number of likely N-dealkylation sites (N-methyl/N-ethyl adjacent to an activating group) is 1. The third-order valence-electron chi connectivity index (χ3n) is 6.79. The molecule has 6 nitrogen and oxygen atoms in total. The molecule has 4 rings (SSSR count). The lowest BCUT2D eigenvalue weighted by atomic mass is 9.88. The molecule has 0 bridgehead atoms. The Kier molecular flexibility index (Phi) is 5.46. The van der Waals surface area contributed by atoms with Gasteiger partial charge in [-0.2, -0.15) is 0 Å². The molecule has 0 aromatic carbocycles. The largest absolute Gasteiger partial charge is 0.339 e. The maximum absolute atomic E-state index is 13.0. The van der Waals surface area contributed by atoms with Gasteiger partial charge in [0, 0.05) is 57.4 Å². The van der Waals surface area contributed by atoms with Crippen molar-refractivity contribution in [3.05, 3.63) is 23.3 Å². The van der Waals surface area contributed by atoms with Crippen LogP contribution in [0.3, 0.4) is 0 Å². The molecule has 3 fully saturated rings. The summed E-state index contributed by atoms with van der Waals surface area (Å²) in [7, 11) is 2.20. The van der Waals surface area contributed by atoms with Gasteiger partial charge >= 0.3 is 0 Å². The second-order valence-electron chi connectivity index (χ2n) is 8.71. The van der Waals surface area contributed by atoms with Gasteiger partial charge in [-0.15, -0.1) is 0 Å². The highest BCUT2D eigenvalue weighted by Gasteiger charge is 2.32. The Bertz CT molecular complexity index is 673. The zero-order valence-corrected chi connectivity index (χ0v) is 17.0. The number of piperidine rings is 1. The highest BCUT2D eigenvalue weighted by Crippen LogP contribution is 2.38. The molecular formula is C21H33N5O. The Morgan fingerprint density at radius 3 is 2.33 bits per heavy atom. The van der Waals surface area contributed by atoms with Gasteiger partial charge in [-0.3, -0.25) is 9.69 Å². The first kappa shape index (κ1) is 18.8. The van der Waals surface area contributed by atoms with E-state index < -0.39 is 0 Å². The van der Waals surface area contributed by atoms with E-state index in [-0.39, 0.29) is 5.91 Å². The van der Waals surface area contributed by atoms with E-state index in [1.54, 1.807) is 6.20 Å². The van der Waals surface area contributed by atoms with E-state index in [4.69, 9.17) is 0 Å². The van der Waals surface area contributed by atoms with Gasteiger partial charge in [-0.05, 0) is 52.5 Å². The fraction of sp³-hybridized carbons (Fsp3) is 0.762. The topological polar surface area (TPSA) is 52.6 Å². The van der Waals surface area contributed by atoms with E-state index in [1.807, 2.05) is 11.8 Å². The summed E-state index contributed by atoms with van der Waals surface area (Å²) in [5, 5.41) is 0. The quantitative estimate of drug-likeness (QED) is 0.812. The standard InChI is InChI=1S/C21H33N5O/c1-15-19(14-22-20(23-15)18-4-5-18)21(27)26-8-6-17(7-9-26)16(2)25-12-10-24(3)11-13-25/h14,16-18H,4-13H2,1-3H3/t16-/m1/s1. The van der Waals surface area contributed by atoms with Crippen LogP contribution < -0.4 is 0 Å². The molecule has 2 aliphatic heterocycles. The average molecular weight is 372 g/mol. The average Bonchev–Trinajstić information content (AvgIpc) is 3.53. The molecule has 1 aliphatic carbocycles. The molecule has 0 spiro atoms. The minimum atomic E-state index is 0.112. The molecule has 148 valence electrons.